The van der Waals surface area contributed by atoms with E-state index in [2.05, 4.69) is 56.8 Å². The number of rotatable bonds is 4. The highest BCUT2D eigenvalue weighted by Crippen LogP contribution is 2.21. The lowest BCUT2D eigenvalue weighted by molar-refractivity contribution is 0.283. The first-order valence-electron chi connectivity index (χ1n) is 5.66. The Morgan fingerprint density at radius 1 is 1.33 bits per heavy atom. The van der Waals surface area contributed by atoms with Gasteiger partial charge >= 0.3 is 0 Å². The fraction of sp³-hybridized carbons (Fsp3) is 0.692. The van der Waals surface area contributed by atoms with Crippen molar-refractivity contribution < 1.29 is 0 Å². The SMILES string of the molecule is CC(CNC(C)C(C)(C)C)c1ccsc1. The fourth-order valence-corrected chi connectivity index (χ4v) is 2.12. The molecule has 1 heterocycles. The summed E-state index contributed by atoms with van der Waals surface area (Å²) in [5.41, 5.74) is 1.79. The standard InChI is InChI=1S/C13H23NS/c1-10(12-6-7-15-9-12)8-14-11(2)13(3,4)5/h6-7,9-11,14H,8H2,1-5H3. The number of hydrogen-bond acceptors (Lipinski definition) is 2. The van der Waals surface area contributed by atoms with Gasteiger partial charge in [0.25, 0.3) is 0 Å². The van der Waals surface area contributed by atoms with Crippen molar-refractivity contribution in [2.45, 2.75) is 46.6 Å². The van der Waals surface area contributed by atoms with E-state index in [9.17, 15) is 0 Å². The van der Waals surface area contributed by atoms with Crippen LogP contribution in [0.2, 0.25) is 0 Å². The molecule has 0 aliphatic rings. The molecule has 2 unspecified atom stereocenters. The first kappa shape index (κ1) is 12.7. The summed E-state index contributed by atoms with van der Waals surface area (Å²) in [7, 11) is 0. The van der Waals surface area contributed by atoms with Crippen LogP contribution < -0.4 is 5.32 Å². The maximum Gasteiger partial charge on any atom is 0.00875 e. The molecule has 0 saturated carbocycles. The van der Waals surface area contributed by atoms with Gasteiger partial charge in [0, 0.05) is 12.6 Å². The Bertz CT molecular complexity index is 271. The lowest BCUT2D eigenvalue weighted by atomic mass is 9.87. The highest BCUT2D eigenvalue weighted by Gasteiger charge is 2.19. The van der Waals surface area contributed by atoms with Gasteiger partial charge in [0.2, 0.25) is 0 Å². The van der Waals surface area contributed by atoms with Gasteiger partial charge in [-0.1, -0.05) is 27.7 Å². The Kier molecular flexibility index (Phi) is 4.35. The molecule has 0 saturated heterocycles. The first-order chi connectivity index (χ1) is 6.91. The quantitative estimate of drug-likeness (QED) is 0.820. The summed E-state index contributed by atoms with van der Waals surface area (Å²) in [6, 6.07) is 2.78. The lowest BCUT2D eigenvalue weighted by Crippen LogP contribution is -2.39. The molecule has 1 aromatic rings. The van der Waals surface area contributed by atoms with Gasteiger partial charge in [-0.15, -0.1) is 0 Å². The van der Waals surface area contributed by atoms with E-state index < -0.39 is 0 Å². The normalized spacial score (nSPS) is 16.3. The maximum atomic E-state index is 3.62. The van der Waals surface area contributed by atoms with Crippen LogP contribution in [0.5, 0.6) is 0 Å². The van der Waals surface area contributed by atoms with Crippen LogP contribution in [0.3, 0.4) is 0 Å². The third-order valence-corrected chi connectivity index (χ3v) is 3.84. The summed E-state index contributed by atoms with van der Waals surface area (Å²) < 4.78 is 0. The van der Waals surface area contributed by atoms with Crippen molar-refractivity contribution in [2.24, 2.45) is 5.41 Å². The molecule has 0 aliphatic carbocycles. The molecule has 0 spiro atoms. The molecule has 0 radical (unpaired) electrons. The topological polar surface area (TPSA) is 12.0 Å². The van der Waals surface area contributed by atoms with Gasteiger partial charge in [0.15, 0.2) is 0 Å². The highest BCUT2D eigenvalue weighted by molar-refractivity contribution is 7.07. The zero-order valence-electron chi connectivity index (χ0n) is 10.5. The molecule has 0 fully saturated rings. The van der Waals surface area contributed by atoms with E-state index in [1.165, 1.54) is 5.56 Å². The molecule has 1 N–H and O–H groups in total. The molecule has 15 heavy (non-hydrogen) atoms. The molecule has 86 valence electrons. The van der Waals surface area contributed by atoms with Gasteiger partial charge in [-0.3, -0.25) is 0 Å². The van der Waals surface area contributed by atoms with Crippen LogP contribution in [0.15, 0.2) is 16.8 Å². The van der Waals surface area contributed by atoms with Gasteiger partial charge in [-0.25, -0.2) is 0 Å². The van der Waals surface area contributed by atoms with Gasteiger partial charge in [0.05, 0.1) is 0 Å². The zero-order valence-corrected chi connectivity index (χ0v) is 11.3. The van der Waals surface area contributed by atoms with Gasteiger partial charge < -0.3 is 5.32 Å². The van der Waals surface area contributed by atoms with Crippen molar-refractivity contribution in [3.05, 3.63) is 22.4 Å². The predicted octanol–water partition coefficient (Wildman–Crippen LogP) is 3.88. The molecule has 2 heteroatoms. The van der Waals surface area contributed by atoms with Crippen molar-refractivity contribution in [3.63, 3.8) is 0 Å². The minimum Gasteiger partial charge on any atom is -0.313 e. The fourth-order valence-electron chi connectivity index (χ4n) is 1.33. The third kappa shape index (κ3) is 3.96. The summed E-state index contributed by atoms with van der Waals surface area (Å²) in [4.78, 5) is 0. The Labute approximate surface area is 97.9 Å². The first-order valence-corrected chi connectivity index (χ1v) is 6.61. The van der Waals surface area contributed by atoms with Crippen LogP contribution >= 0.6 is 11.3 Å². The number of thiophene rings is 1. The third-order valence-electron chi connectivity index (χ3n) is 3.14. The molecule has 1 nitrogen and oxygen atoms in total. The Hall–Kier alpha value is -0.340. The van der Waals surface area contributed by atoms with Crippen LogP contribution in [0, 0.1) is 5.41 Å². The molecule has 1 aromatic heterocycles. The average molecular weight is 225 g/mol. The van der Waals surface area contributed by atoms with Gasteiger partial charge in [-0.05, 0) is 40.6 Å². The second kappa shape index (κ2) is 5.13. The van der Waals surface area contributed by atoms with Crippen LogP contribution in [0.4, 0.5) is 0 Å². The van der Waals surface area contributed by atoms with Crippen molar-refractivity contribution in [1.29, 1.82) is 0 Å². The summed E-state index contributed by atoms with van der Waals surface area (Å²) in [5.74, 6) is 0.612. The Morgan fingerprint density at radius 2 is 2.00 bits per heavy atom. The van der Waals surface area contributed by atoms with Crippen molar-refractivity contribution in [2.75, 3.05) is 6.54 Å². The predicted molar refractivity (Wildman–Crippen MR) is 69.7 cm³/mol. The minimum absolute atomic E-state index is 0.342. The van der Waals surface area contributed by atoms with Crippen LogP contribution in [-0.4, -0.2) is 12.6 Å². The summed E-state index contributed by atoms with van der Waals surface area (Å²) in [6.07, 6.45) is 0. The van der Waals surface area contributed by atoms with Crippen LogP contribution in [0.25, 0.3) is 0 Å². The van der Waals surface area contributed by atoms with E-state index in [4.69, 9.17) is 0 Å². The number of nitrogens with one attached hydrogen (secondary N) is 1. The molecule has 0 amide bonds. The minimum atomic E-state index is 0.342. The second-order valence-electron chi connectivity index (χ2n) is 5.45. The van der Waals surface area contributed by atoms with Crippen molar-refractivity contribution in [1.82, 2.24) is 5.32 Å². The Morgan fingerprint density at radius 3 is 2.47 bits per heavy atom. The van der Waals surface area contributed by atoms with E-state index in [-0.39, 0.29) is 0 Å². The second-order valence-corrected chi connectivity index (χ2v) is 6.23. The monoisotopic (exact) mass is 225 g/mol. The summed E-state index contributed by atoms with van der Waals surface area (Å²) in [5, 5.41) is 8.01. The smallest absolute Gasteiger partial charge is 0.00875 e. The molecule has 0 aromatic carbocycles. The van der Waals surface area contributed by atoms with Gasteiger partial charge in [-0.2, -0.15) is 11.3 Å². The number of hydrogen-bond donors (Lipinski definition) is 1. The molecule has 2 atom stereocenters. The average Bonchev–Trinajstić information content (AvgIpc) is 2.64. The molecule has 0 aliphatic heterocycles. The van der Waals surface area contributed by atoms with E-state index in [0.717, 1.165) is 6.54 Å². The lowest BCUT2D eigenvalue weighted by Gasteiger charge is -2.29. The van der Waals surface area contributed by atoms with E-state index in [1.54, 1.807) is 11.3 Å². The Balaban J connectivity index is 2.38. The van der Waals surface area contributed by atoms with Crippen LogP contribution in [-0.2, 0) is 0 Å². The largest absolute Gasteiger partial charge is 0.313 e. The van der Waals surface area contributed by atoms with Crippen molar-refractivity contribution in [3.8, 4) is 0 Å². The van der Waals surface area contributed by atoms with E-state index in [0.29, 0.717) is 17.4 Å². The molecular weight excluding hydrogens is 202 g/mol. The van der Waals surface area contributed by atoms with Crippen LogP contribution in [0.1, 0.15) is 46.1 Å². The summed E-state index contributed by atoms with van der Waals surface area (Å²) >= 11 is 1.78. The van der Waals surface area contributed by atoms with E-state index >= 15 is 0 Å². The summed E-state index contributed by atoms with van der Waals surface area (Å²) in [6.45, 7) is 12.4. The molecule has 1 rings (SSSR count). The molecular formula is C13H23NS. The maximum absolute atomic E-state index is 3.62. The molecule has 0 bridgehead atoms. The highest BCUT2D eigenvalue weighted by atomic mass is 32.1. The zero-order chi connectivity index (χ0) is 11.5. The van der Waals surface area contributed by atoms with Gasteiger partial charge in [0.1, 0.15) is 0 Å². The van der Waals surface area contributed by atoms with E-state index in [1.807, 2.05) is 0 Å². The van der Waals surface area contributed by atoms with Crippen molar-refractivity contribution >= 4 is 11.3 Å².